The summed E-state index contributed by atoms with van der Waals surface area (Å²) in [5.41, 5.74) is 1.03. The number of H-pyrrole nitrogens is 1. The van der Waals surface area contributed by atoms with Crippen molar-refractivity contribution in [3.63, 3.8) is 0 Å². The summed E-state index contributed by atoms with van der Waals surface area (Å²) in [7, 11) is 0. The van der Waals surface area contributed by atoms with Crippen LogP contribution in [-0.2, 0) is 11.2 Å². The van der Waals surface area contributed by atoms with E-state index in [9.17, 15) is 9.90 Å². The number of carbonyl (C=O) groups is 1. The Morgan fingerprint density at radius 1 is 1.25 bits per heavy atom. The summed E-state index contributed by atoms with van der Waals surface area (Å²) >= 11 is 0. The van der Waals surface area contributed by atoms with Crippen LogP contribution in [0.1, 0.15) is 56.0 Å². The minimum Gasteiger partial charge on any atom is -0.508 e. The lowest BCUT2D eigenvalue weighted by molar-refractivity contribution is -0.129. The maximum atomic E-state index is 12.2. The average molecular weight is 329 g/mol. The van der Waals surface area contributed by atoms with Crippen molar-refractivity contribution in [3.8, 4) is 5.75 Å². The predicted molar refractivity (Wildman–Crippen MR) is 88.1 cm³/mol. The van der Waals surface area contributed by atoms with Gasteiger partial charge in [-0.3, -0.25) is 4.79 Å². The molecule has 1 amide bonds. The summed E-state index contributed by atoms with van der Waals surface area (Å²) in [5, 5.41) is 23.5. The largest absolute Gasteiger partial charge is 0.508 e. The van der Waals surface area contributed by atoms with Crippen molar-refractivity contribution in [3.05, 3.63) is 35.7 Å². The molecule has 7 heteroatoms. The number of rotatable bonds is 8. The van der Waals surface area contributed by atoms with Gasteiger partial charge in [0.1, 0.15) is 5.75 Å². The molecule has 2 N–H and O–H groups in total. The van der Waals surface area contributed by atoms with Gasteiger partial charge in [0.15, 0.2) is 5.82 Å². The lowest BCUT2D eigenvalue weighted by Gasteiger charge is -2.25. The molecule has 1 saturated heterocycles. The highest BCUT2D eigenvalue weighted by molar-refractivity contribution is 5.79. The molecule has 0 aliphatic carbocycles. The van der Waals surface area contributed by atoms with Crippen molar-refractivity contribution in [2.45, 2.75) is 51.0 Å². The summed E-state index contributed by atoms with van der Waals surface area (Å²) in [6.07, 6.45) is 6.46. The smallest absolute Gasteiger partial charge is 0.223 e. The van der Waals surface area contributed by atoms with E-state index in [0.717, 1.165) is 56.5 Å². The predicted octanol–water partition coefficient (Wildman–Crippen LogP) is 2.37. The van der Waals surface area contributed by atoms with Crippen molar-refractivity contribution < 1.29 is 9.90 Å². The van der Waals surface area contributed by atoms with Crippen LogP contribution in [0.3, 0.4) is 0 Å². The van der Waals surface area contributed by atoms with Crippen LogP contribution in [0, 0.1) is 0 Å². The standard InChI is InChI=1S/C17H23N5O2/c23-14-7-5-6-13(12-14)15-9-10-17(24)22(15)11-4-2-1-3-8-16-18-20-21-19-16/h5-7,12,15,23H,1-4,8-11H2,(H,18,19,20,21). The van der Waals surface area contributed by atoms with Crippen LogP contribution >= 0.6 is 0 Å². The fourth-order valence-corrected chi connectivity index (χ4v) is 3.30. The maximum absolute atomic E-state index is 12.2. The third-order valence-electron chi connectivity index (χ3n) is 4.52. The number of aromatic amines is 1. The SMILES string of the molecule is O=C1CCC(c2cccc(O)c2)N1CCCCCCc1nn[nH]n1. The Bertz CT molecular complexity index is 659. The highest BCUT2D eigenvalue weighted by atomic mass is 16.3. The van der Waals surface area contributed by atoms with Crippen molar-refractivity contribution in [1.29, 1.82) is 0 Å². The lowest BCUT2D eigenvalue weighted by Crippen LogP contribution is -2.28. The van der Waals surface area contributed by atoms with Gasteiger partial charge in [0, 0.05) is 19.4 Å². The Morgan fingerprint density at radius 2 is 2.12 bits per heavy atom. The monoisotopic (exact) mass is 329 g/mol. The summed E-state index contributed by atoms with van der Waals surface area (Å²) < 4.78 is 0. The van der Waals surface area contributed by atoms with E-state index in [0.29, 0.717) is 6.42 Å². The minimum atomic E-state index is 0.101. The number of phenolic OH excluding ortho intramolecular Hbond substituents is 1. The van der Waals surface area contributed by atoms with Gasteiger partial charge in [0.05, 0.1) is 6.04 Å². The molecule has 0 bridgehead atoms. The quantitative estimate of drug-likeness (QED) is 0.725. The first kappa shape index (κ1) is 16.4. The summed E-state index contributed by atoms with van der Waals surface area (Å²) in [6, 6.07) is 7.35. The van der Waals surface area contributed by atoms with Crippen molar-refractivity contribution >= 4 is 5.91 Å². The van der Waals surface area contributed by atoms with E-state index in [1.807, 2.05) is 17.0 Å². The maximum Gasteiger partial charge on any atom is 0.223 e. The zero-order valence-electron chi connectivity index (χ0n) is 13.7. The number of aromatic nitrogens is 4. The van der Waals surface area contributed by atoms with Gasteiger partial charge in [-0.2, -0.15) is 5.21 Å². The van der Waals surface area contributed by atoms with Gasteiger partial charge >= 0.3 is 0 Å². The number of unbranched alkanes of at least 4 members (excludes halogenated alkanes) is 3. The molecule has 1 aromatic carbocycles. The number of aryl methyl sites for hydroxylation is 1. The second kappa shape index (κ2) is 7.90. The number of nitrogens with zero attached hydrogens (tertiary/aromatic N) is 4. The molecule has 7 nitrogen and oxygen atoms in total. The average Bonchev–Trinajstić information content (AvgIpc) is 3.21. The van der Waals surface area contributed by atoms with Crippen LogP contribution in [0.5, 0.6) is 5.75 Å². The number of hydrogen-bond donors (Lipinski definition) is 2. The molecule has 0 spiro atoms. The molecular weight excluding hydrogens is 306 g/mol. The molecule has 1 fully saturated rings. The van der Waals surface area contributed by atoms with Crippen molar-refractivity contribution in [2.24, 2.45) is 0 Å². The molecule has 3 rings (SSSR count). The molecular formula is C17H23N5O2. The van der Waals surface area contributed by atoms with E-state index in [4.69, 9.17) is 0 Å². The lowest BCUT2D eigenvalue weighted by atomic mass is 10.0. The number of amides is 1. The number of benzene rings is 1. The Kier molecular flexibility index (Phi) is 5.40. The number of likely N-dealkylation sites (tertiary alicyclic amines) is 1. The Labute approximate surface area is 141 Å². The normalized spacial score (nSPS) is 17.6. The van der Waals surface area contributed by atoms with E-state index in [1.54, 1.807) is 12.1 Å². The Morgan fingerprint density at radius 3 is 2.92 bits per heavy atom. The molecule has 1 aromatic heterocycles. The number of aromatic hydroxyl groups is 1. The Balaban J connectivity index is 1.43. The van der Waals surface area contributed by atoms with Crippen LogP contribution in [0.2, 0.25) is 0 Å². The highest BCUT2D eigenvalue weighted by Crippen LogP contribution is 2.34. The third kappa shape index (κ3) is 4.10. The molecule has 2 heterocycles. The molecule has 1 aliphatic rings. The number of hydrogen-bond acceptors (Lipinski definition) is 5. The van der Waals surface area contributed by atoms with Gasteiger partial charge in [-0.1, -0.05) is 30.2 Å². The summed E-state index contributed by atoms with van der Waals surface area (Å²) in [5.74, 6) is 1.23. The summed E-state index contributed by atoms with van der Waals surface area (Å²) in [4.78, 5) is 14.1. The number of carbonyl (C=O) groups excluding carboxylic acids is 1. The zero-order valence-corrected chi connectivity index (χ0v) is 13.7. The van der Waals surface area contributed by atoms with Crippen LogP contribution < -0.4 is 0 Å². The topological polar surface area (TPSA) is 95.0 Å². The van der Waals surface area contributed by atoms with Crippen molar-refractivity contribution in [2.75, 3.05) is 6.54 Å². The number of tetrazole rings is 1. The van der Waals surface area contributed by atoms with E-state index in [-0.39, 0.29) is 17.7 Å². The molecule has 128 valence electrons. The first-order chi connectivity index (χ1) is 11.7. The van der Waals surface area contributed by atoms with E-state index in [1.165, 1.54) is 0 Å². The second-order valence-electron chi connectivity index (χ2n) is 6.23. The van der Waals surface area contributed by atoms with Crippen molar-refractivity contribution in [1.82, 2.24) is 25.5 Å². The molecule has 24 heavy (non-hydrogen) atoms. The number of nitrogens with one attached hydrogen (secondary N) is 1. The molecule has 0 saturated carbocycles. The fraction of sp³-hybridized carbons (Fsp3) is 0.529. The highest BCUT2D eigenvalue weighted by Gasteiger charge is 2.31. The molecule has 1 unspecified atom stereocenters. The minimum absolute atomic E-state index is 0.101. The molecule has 2 aromatic rings. The van der Waals surface area contributed by atoms with Crippen LogP contribution in [0.15, 0.2) is 24.3 Å². The van der Waals surface area contributed by atoms with Gasteiger partial charge < -0.3 is 10.0 Å². The fourth-order valence-electron chi connectivity index (χ4n) is 3.30. The van der Waals surface area contributed by atoms with Gasteiger partial charge in [-0.25, -0.2) is 0 Å². The Hall–Kier alpha value is -2.44. The first-order valence-corrected chi connectivity index (χ1v) is 8.55. The molecule has 0 radical (unpaired) electrons. The van der Waals surface area contributed by atoms with Gasteiger partial charge in [-0.15, -0.1) is 10.2 Å². The second-order valence-corrected chi connectivity index (χ2v) is 6.23. The van der Waals surface area contributed by atoms with Gasteiger partial charge in [0.2, 0.25) is 5.91 Å². The third-order valence-corrected chi connectivity index (χ3v) is 4.52. The molecule has 1 atom stereocenters. The first-order valence-electron chi connectivity index (χ1n) is 8.55. The summed E-state index contributed by atoms with van der Waals surface area (Å²) in [6.45, 7) is 0.779. The van der Waals surface area contributed by atoms with Crippen LogP contribution in [0.4, 0.5) is 0 Å². The molecule has 1 aliphatic heterocycles. The van der Waals surface area contributed by atoms with E-state index in [2.05, 4.69) is 20.6 Å². The van der Waals surface area contributed by atoms with Crippen LogP contribution in [-0.4, -0.2) is 43.1 Å². The zero-order chi connectivity index (χ0) is 16.8. The number of phenols is 1. The van der Waals surface area contributed by atoms with Crippen LogP contribution in [0.25, 0.3) is 0 Å². The van der Waals surface area contributed by atoms with E-state index >= 15 is 0 Å². The van der Waals surface area contributed by atoms with E-state index < -0.39 is 0 Å². The van der Waals surface area contributed by atoms with Gasteiger partial charge in [-0.05, 0) is 37.0 Å². The van der Waals surface area contributed by atoms with Gasteiger partial charge in [0.25, 0.3) is 0 Å².